The third-order valence-electron chi connectivity index (χ3n) is 2.17. The topological polar surface area (TPSA) is 102 Å². The first-order valence-electron chi connectivity index (χ1n) is 5.19. The highest BCUT2D eigenvalue weighted by atomic mass is 35.5. The van der Waals surface area contributed by atoms with E-state index in [1.54, 1.807) is 0 Å². The molecule has 1 aromatic rings. The van der Waals surface area contributed by atoms with Gasteiger partial charge in [0.05, 0.1) is 17.7 Å². The smallest absolute Gasteiger partial charge is 0.243 e. The number of anilines is 1. The number of hydrogen-bond acceptors (Lipinski definition) is 5. The first-order valence-corrected chi connectivity index (χ1v) is 7.05. The SMILES string of the molecule is COCC(O)CNS(=O)(=O)c1cc(N)cc(Cl)c1F. The number of ether oxygens (including phenoxy) is 1. The number of nitrogens with one attached hydrogen (secondary N) is 1. The van der Waals surface area contributed by atoms with Gasteiger partial charge in [0.25, 0.3) is 0 Å². The van der Waals surface area contributed by atoms with Crippen LogP contribution in [0.5, 0.6) is 0 Å². The van der Waals surface area contributed by atoms with Crippen LogP contribution in [0.3, 0.4) is 0 Å². The van der Waals surface area contributed by atoms with Crippen LogP contribution in [0, 0.1) is 5.82 Å². The number of aliphatic hydroxyl groups is 1. The van der Waals surface area contributed by atoms with Gasteiger partial charge in [0.2, 0.25) is 10.0 Å². The minimum atomic E-state index is -4.15. The second-order valence-electron chi connectivity index (χ2n) is 3.78. The lowest BCUT2D eigenvalue weighted by Gasteiger charge is -2.12. The minimum Gasteiger partial charge on any atom is -0.399 e. The summed E-state index contributed by atoms with van der Waals surface area (Å²) in [5, 5.41) is 8.95. The number of hydrogen-bond donors (Lipinski definition) is 3. The van der Waals surface area contributed by atoms with Gasteiger partial charge in [-0.2, -0.15) is 0 Å². The molecule has 0 aliphatic heterocycles. The maximum absolute atomic E-state index is 13.7. The summed E-state index contributed by atoms with van der Waals surface area (Å²) >= 11 is 5.52. The molecule has 6 nitrogen and oxygen atoms in total. The molecule has 1 rings (SSSR count). The van der Waals surface area contributed by atoms with Gasteiger partial charge in [0.15, 0.2) is 5.82 Å². The van der Waals surface area contributed by atoms with Crippen LogP contribution in [0.15, 0.2) is 17.0 Å². The van der Waals surface area contributed by atoms with Crippen LogP contribution >= 0.6 is 11.6 Å². The predicted octanol–water partition coefficient (Wildman–Crippen LogP) is 0.347. The van der Waals surface area contributed by atoms with E-state index in [0.29, 0.717) is 0 Å². The fourth-order valence-corrected chi connectivity index (χ4v) is 2.80. The Morgan fingerprint density at radius 2 is 2.21 bits per heavy atom. The Kier molecular flexibility index (Phi) is 5.50. The summed E-state index contributed by atoms with van der Waals surface area (Å²) in [6.07, 6.45) is -1.04. The Morgan fingerprint density at radius 3 is 2.79 bits per heavy atom. The summed E-state index contributed by atoms with van der Waals surface area (Å²) in [7, 11) is -2.80. The van der Waals surface area contributed by atoms with Crippen LogP contribution in [-0.2, 0) is 14.8 Å². The van der Waals surface area contributed by atoms with E-state index < -0.39 is 31.9 Å². The maximum Gasteiger partial charge on any atom is 0.243 e. The van der Waals surface area contributed by atoms with Crippen LogP contribution in [-0.4, -0.2) is 39.9 Å². The molecule has 0 bridgehead atoms. The van der Waals surface area contributed by atoms with Gasteiger partial charge in [0, 0.05) is 19.3 Å². The fraction of sp³-hybridized carbons (Fsp3) is 0.400. The highest BCUT2D eigenvalue weighted by molar-refractivity contribution is 7.89. The van der Waals surface area contributed by atoms with E-state index in [0.717, 1.165) is 12.1 Å². The second-order valence-corrected chi connectivity index (χ2v) is 5.92. The molecule has 0 heterocycles. The number of methoxy groups -OCH3 is 1. The summed E-state index contributed by atoms with van der Waals surface area (Å²) < 4.78 is 44.0. The fourth-order valence-electron chi connectivity index (χ4n) is 1.31. The molecule has 0 spiro atoms. The van der Waals surface area contributed by atoms with Gasteiger partial charge >= 0.3 is 0 Å². The normalized spacial score (nSPS) is 13.5. The number of halogens is 2. The molecule has 0 saturated carbocycles. The molecule has 1 unspecified atom stereocenters. The zero-order valence-electron chi connectivity index (χ0n) is 10.1. The van der Waals surface area contributed by atoms with E-state index in [1.165, 1.54) is 7.11 Å². The summed E-state index contributed by atoms with van der Waals surface area (Å²) in [6, 6.07) is 2.06. The quantitative estimate of drug-likeness (QED) is 0.658. The number of rotatable bonds is 6. The van der Waals surface area contributed by atoms with Crippen molar-refractivity contribution in [2.24, 2.45) is 0 Å². The lowest BCUT2D eigenvalue weighted by Crippen LogP contribution is -2.34. The van der Waals surface area contributed by atoms with E-state index in [4.69, 9.17) is 17.3 Å². The Labute approximate surface area is 115 Å². The Bertz CT molecular complexity index is 553. The van der Waals surface area contributed by atoms with Crippen molar-refractivity contribution in [3.63, 3.8) is 0 Å². The van der Waals surface area contributed by atoms with E-state index in [1.807, 2.05) is 4.72 Å². The average Bonchev–Trinajstić information content (AvgIpc) is 2.31. The van der Waals surface area contributed by atoms with Crippen molar-refractivity contribution < 1.29 is 22.7 Å². The summed E-state index contributed by atoms with van der Waals surface area (Å²) in [6.45, 7) is -0.370. The molecule has 19 heavy (non-hydrogen) atoms. The summed E-state index contributed by atoms with van der Waals surface area (Å²) in [5.41, 5.74) is 5.43. The van der Waals surface area contributed by atoms with Crippen molar-refractivity contribution in [3.05, 3.63) is 23.0 Å². The van der Waals surface area contributed by atoms with E-state index in [2.05, 4.69) is 4.74 Å². The van der Waals surface area contributed by atoms with Crippen molar-refractivity contribution in [2.45, 2.75) is 11.0 Å². The highest BCUT2D eigenvalue weighted by Gasteiger charge is 2.22. The van der Waals surface area contributed by atoms with Gasteiger partial charge in [0.1, 0.15) is 4.90 Å². The van der Waals surface area contributed by atoms with Crippen LogP contribution in [0.25, 0.3) is 0 Å². The van der Waals surface area contributed by atoms with Gasteiger partial charge in [-0.1, -0.05) is 11.6 Å². The number of benzene rings is 1. The van der Waals surface area contributed by atoms with Gasteiger partial charge < -0.3 is 15.6 Å². The van der Waals surface area contributed by atoms with Crippen LogP contribution in [0.2, 0.25) is 5.02 Å². The number of nitrogen functional groups attached to an aromatic ring is 1. The maximum atomic E-state index is 13.7. The van der Waals surface area contributed by atoms with Crippen LogP contribution in [0.1, 0.15) is 0 Å². The van der Waals surface area contributed by atoms with Crippen molar-refractivity contribution in [1.82, 2.24) is 4.72 Å². The largest absolute Gasteiger partial charge is 0.399 e. The van der Waals surface area contributed by atoms with E-state index >= 15 is 0 Å². The van der Waals surface area contributed by atoms with Gasteiger partial charge in [-0.05, 0) is 12.1 Å². The predicted molar refractivity (Wildman–Crippen MR) is 68.9 cm³/mol. The first-order chi connectivity index (χ1) is 8.77. The molecule has 4 N–H and O–H groups in total. The second kappa shape index (κ2) is 6.49. The van der Waals surface area contributed by atoms with Crippen molar-refractivity contribution >= 4 is 27.3 Å². The standard InChI is InChI=1S/C10H14ClFN2O4S/c1-18-5-7(15)4-14-19(16,17)9-3-6(13)2-8(11)10(9)12/h2-3,7,14-15H,4-5,13H2,1H3. The average molecular weight is 313 g/mol. The number of nitrogens with two attached hydrogens (primary N) is 1. The minimum absolute atomic E-state index is 0.0178. The molecule has 0 fully saturated rings. The third kappa shape index (κ3) is 4.29. The molecule has 0 aliphatic carbocycles. The molecule has 9 heteroatoms. The van der Waals surface area contributed by atoms with Crippen LogP contribution < -0.4 is 10.5 Å². The Morgan fingerprint density at radius 1 is 1.58 bits per heavy atom. The molecule has 0 saturated heterocycles. The van der Waals surface area contributed by atoms with E-state index in [9.17, 15) is 17.9 Å². The van der Waals surface area contributed by atoms with Gasteiger partial charge in [-0.25, -0.2) is 17.5 Å². The van der Waals surface area contributed by atoms with Crippen molar-refractivity contribution in [1.29, 1.82) is 0 Å². The van der Waals surface area contributed by atoms with Crippen LogP contribution in [0.4, 0.5) is 10.1 Å². The zero-order chi connectivity index (χ0) is 14.6. The molecular weight excluding hydrogens is 299 g/mol. The molecule has 0 radical (unpaired) electrons. The lowest BCUT2D eigenvalue weighted by molar-refractivity contribution is 0.0679. The van der Waals surface area contributed by atoms with Crippen molar-refractivity contribution in [2.75, 3.05) is 26.0 Å². The monoisotopic (exact) mass is 312 g/mol. The molecule has 0 aliphatic rings. The molecule has 0 aromatic heterocycles. The van der Waals surface area contributed by atoms with Gasteiger partial charge in [-0.15, -0.1) is 0 Å². The summed E-state index contributed by atoms with van der Waals surface area (Å²) in [5.74, 6) is -1.09. The van der Waals surface area contributed by atoms with Gasteiger partial charge in [-0.3, -0.25) is 0 Å². The highest BCUT2D eigenvalue weighted by Crippen LogP contribution is 2.25. The third-order valence-corrected chi connectivity index (χ3v) is 3.87. The lowest BCUT2D eigenvalue weighted by atomic mass is 10.3. The molecular formula is C10H14ClFN2O4S. The number of sulfonamides is 1. The molecule has 108 valence electrons. The zero-order valence-corrected chi connectivity index (χ0v) is 11.6. The molecule has 1 aromatic carbocycles. The number of aliphatic hydroxyl groups excluding tert-OH is 1. The van der Waals surface area contributed by atoms with E-state index in [-0.39, 0.29) is 18.8 Å². The first kappa shape index (κ1) is 16.1. The van der Waals surface area contributed by atoms with Crippen molar-refractivity contribution in [3.8, 4) is 0 Å². The molecule has 1 atom stereocenters. The molecule has 0 amide bonds. The summed E-state index contributed by atoms with van der Waals surface area (Å²) in [4.78, 5) is -0.665. The Hall–Kier alpha value is -0.930. The Balaban J connectivity index is 2.95.